The smallest absolute Gasteiger partial charge is 0.310 e. The summed E-state index contributed by atoms with van der Waals surface area (Å²) < 4.78 is 0. The second-order valence-electron chi connectivity index (χ2n) is 16.8. The van der Waals surface area contributed by atoms with Gasteiger partial charge in [0.1, 0.15) is 0 Å². The first-order valence-electron chi connectivity index (χ1n) is 17.8. The van der Waals surface area contributed by atoms with Gasteiger partial charge < -0.3 is 10.2 Å². The number of hydrogen-bond donors (Lipinski definition) is 2. The van der Waals surface area contributed by atoms with Crippen molar-refractivity contribution < 1.29 is 19.8 Å². The Balaban J connectivity index is 1.56. The molecule has 3 saturated carbocycles. The summed E-state index contributed by atoms with van der Waals surface area (Å²) in [6.07, 6.45) is 16.5. The largest absolute Gasteiger partial charge is 0.481 e. The topological polar surface area (TPSA) is 74.6 Å². The molecule has 5 rings (SSSR count). The third-order valence-corrected chi connectivity index (χ3v) is 14.4. The molecule has 0 unspecified atom stereocenters. The van der Waals surface area contributed by atoms with Crippen LogP contribution in [0.15, 0.2) is 47.6 Å². The molecular weight excluding hydrogens is 544 g/mol. The van der Waals surface area contributed by atoms with E-state index in [1.165, 1.54) is 28.7 Å². The lowest BCUT2D eigenvalue weighted by molar-refractivity contribution is -0.166. The zero-order valence-electron chi connectivity index (χ0n) is 28.6. The van der Waals surface area contributed by atoms with Gasteiger partial charge in [0, 0.05) is 0 Å². The SMILES string of the molecule is C=C1CC[C@H](C(C)C)[C@H]2/C=C(\C)CC[C@H]3CC=C(C)[C@@H](C[C@H]4C(=C)CC[C@@H]5[C@]4(C)CCC[C@@]5(C)C(=O)O)[C@@]3(C(=O)O)CC[C@H]12. The van der Waals surface area contributed by atoms with E-state index >= 15 is 0 Å². The monoisotopic (exact) mass is 604 g/mol. The maximum Gasteiger partial charge on any atom is 0.310 e. The first kappa shape index (κ1) is 33.3. The van der Waals surface area contributed by atoms with Crippen LogP contribution in [0.4, 0.5) is 0 Å². The molecule has 5 aliphatic carbocycles. The van der Waals surface area contributed by atoms with Gasteiger partial charge in [0.15, 0.2) is 0 Å². The van der Waals surface area contributed by atoms with Gasteiger partial charge in [-0.25, -0.2) is 0 Å². The van der Waals surface area contributed by atoms with Crippen molar-refractivity contribution in [1.82, 2.24) is 0 Å². The molecule has 0 aliphatic heterocycles. The molecule has 0 amide bonds. The summed E-state index contributed by atoms with van der Waals surface area (Å²) in [5, 5.41) is 21.9. The van der Waals surface area contributed by atoms with E-state index in [-0.39, 0.29) is 29.1 Å². The van der Waals surface area contributed by atoms with Gasteiger partial charge in [-0.2, -0.15) is 0 Å². The van der Waals surface area contributed by atoms with Crippen LogP contribution in [0.3, 0.4) is 0 Å². The van der Waals surface area contributed by atoms with E-state index in [1.807, 2.05) is 6.92 Å². The minimum absolute atomic E-state index is 0.0750. The summed E-state index contributed by atoms with van der Waals surface area (Å²) in [6, 6.07) is 0. The van der Waals surface area contributed by atoms with Crippen LogP contribution in [-0.4, -0.2) is 22.2 Å². The van der Waals surface area contributed by atoms with Gasteiger partial charge in [0.2, 0.25) is 0 Å². The van der Waals surface area contributed by atoms with Crippen molar-refractivity contribution in [2.45, 2.75) is 125 Å². The minimum atomic E-state index is -0.833. The van der Waals surface area contributed by atoms with Crippen molar-refractivity contribution in [2.75, 3.05) is 0 Å². The van der Waals surface area contributed by atoms with Gasteiger partial charge in [0.25, 0.3) is 0 Å². The van der Waals surface area contributed by atoms with Crippen LogP contribution >= 0.6 is 0 Å². The third kappa shape index (κ3) is 5.38. The highest BCUT2D eigenvalue weighted by atomic mass is 16.4. The van der Waals surface area contributed by atoms with E-state index in [1.54, 1.807) is 0 Å². The molecule has 4 nitrogen and oxygen atoms in total. The van der Waals surface area contributed by atoms with E-state index < -0.39 is 22.8 Å². The molecule has 44 heavy (non-hydrogen) atoms. The highest BCUT2D eigenvalue weighted by molar-refractivity contribution is 5.77. The molecular formula is C40H60O4. The fourth-order valence-corrected chi connectivity index (χ4v) is 11.8. The summed E-state index contributed by atoms with van der Waals surface area (Å²) in [5.41, 5.74) is 3.42. The molecule has 0 spiro atoms. The van der Waals surface area contributed by atoms with Crippen molar-refractivity contribution in [3.05, 3.63) is 47.6 Å². The average molecular weight is 605 g/mol. The third-order valence-electron chi connectivity index (χ3n) is 14.4. The Kier molecular flexibility index (Phi) is 9.26. The number of carbonyl (C=O) groups is 2. The van der Waals surface area contributed by atoms with E-state index in [2.05, 4.69) is 59.9 Å². The van der Waals surface area contributed by atoms with Crippen LogP contribution in [0.5, 0.6) is 0 Å². The molecule has 0 heterocycles. The van der Waals surface area contributed by atoms with E-state index in [9.17, 15) is 19.8 Å². The Labute approximate surface area is 267 Å². The van der Waals surface area contributed by atoms with Gasteiger partial charge in [-0.15, -0.1) is 0 Å². The van der Waals surface area contributed by atoms with Crippen molar-refractivity contribution in [3.8, 4) is 0 Å². The van der Waals surface area contributed by atoms with Gasteiger partial charge in [-0.1, -0.05) is 74.8 Å². The molecule has 0 saturated heterocycles. The summed E-state index contributed by atoms with van der Waals surface area (Å²) in [7, 11) is 0. The number of hydrogen-bond acceptors (Lipinski definition) is 2. The molecule has 0 aromatic carbocycles. The van der Waals surface area contributed by atoms with Crippen LogP contribution < -0.4 is 0 Å². The van der Waals surface area contributed by atoms with Crippen LogP contribution in [0, 0.1) is 63.6 Å². The maximum atomic E-state index is 13.9. The molecule has 0 aromatic rings. The lowest BCUT2D eigenvalue weighted by Crippen LogP contribution is -2.55. The van der Waals surface area contributed by atoms with Crippen molar-refractivity contribution >= 4 is 11.9 Å². The van der Waals surface area contributed by atoms with Crippen LogP contribution in [-0.2, 0) is 9.59 Å². The number of rotatable bonds is 5. The standard InChI is InChI=1S/C40H60O4/c1-24(2)30-16-12-26(4)31-18-21-40(37(43)44)29(14-10-25(3)22-32(30)31)15-11-28(6)34(40)23-33-27(5)13-17-35-38(33,7)19-9-20-39(35,8)36(41)42/h11,22,24,29-35H,4-5,9-10,12-21,23H2,1-3,6-8H3,(H,41,42)(H,43,44)/b25-22+/t29-,30+,31+,32+,33-,34+,35+,38+,39+,40+/m0/s1. The molecule has 0 bridgehead atoms. The van der Waals surface area contributed by atoms with E-state index in [4.69, 9.17) is 0 Å². The fourth-order valence-electron chi connectivity index (χ4n) is 11.8. The van der Waals surface area contributed by atoms with Crippen LogP contribution in [0.1, 0.15) is 125 Å². The van der Waals surface area contributed by atoms with Gasteiger partial charge in [0.05, 0.1) is 10.8 Å². The lowest BCUT2D eigenvalue weighted by atomic mass is 9.44. The summed E-state index contributed by atoms with van der Waals surface area (Å²) in [5.74, 6) is 0.889. The summed E-state index contributed by atoms with van der Waals surface area (Å²) in [6.45, 7) is 22.6. The Morgan fingerprint density at radius 1 is 0.909 bits per heavy atom. The highest BCUT2D eigenvalue weighted by Crippen LogP contribution is 2.64. The Hall–Kier alpha value is -2.10. The minimum Gasteiger partial charge on any atom is -0.481 e. The van der Waals surface area contributed by atoms with E-state index in [0.29, 0.717) is 30.1 Å². The van der Waals surface area contributed by atoms with Crippen molar-refractivity contribution in [2.24, 2.45) is 63.6 Å². The van der Waals surface area contributed by atoms with Gasteiger partial charge in [-0.05, 0) is 151 Å². The maximum absolute atomic E-state index is 13.9. The van der Waals surface area contributed by atoms with Crippen molar-refractivity contribution in [1.29, 1.82) is 0 Å². The van der Waals surface area contributed by atoms with Gasteiger partial charge >= 0.3 is 11.9 Å². The zero-order chi connectivity index (χ0) is 32.2. The molecule has 3 fully saturated rings. The predicted molar refractivity (Wildman–Crippen MR) is 179 cm³/mol. The predicted octanol–water partition coefficient (Wildman–Crippen LogP) is 10.3. The molecule has 10 atom stereocenters. The van der Waals surface area contributed by atoms with Gasteiger partial charge in [-0.3, -0.25) is 9.59 Å². The average Bonchev–Trinajstić information content (AvgIpc) is 2.94. The van der Waals surface area contributed by atoms with Crippen molar-refractivity contribution in [3.63, 3.8) is 0 Å². The van der Waals surface area contributed by atoms with Crippen LogP contribution in [0.25, 0.3) is 0 Å². The lowest BCUT2D eigenvalue weighted by Gasteiger charge is -2.59. The summed E-state index contributed by atoms with van der Waals surface area (Å²) >= 11 is 0. The Morgan fingerprint density at radius 2 is 1.61 bits per heavy atom. The highest BCUT2D eigenvalue weighted by Gasteiger charge is 2.60. The normalized spacial score (nSPS) is 44.4. The summed E-state index contributed by atoms with van der Waals surface area (Å²) in [4.78, 5) is 26.6. The molecule has 5 aliphatic rings. The number of aliphatic carboxylic acids is 2. The molecule has 4 heteroatoms. The zero-order valence-corrected chi connectivity index (χ0v) is 28.6. The second-order valence-corrected chi connectivity index (χ2v) is 16.8. The molecule has 0 aromatic heterocycles. The van der Waals surface area contributed by atoms with E-state index in [0.717, 1.165) is 70.6 Å². The van der Waals surface area contributed by atoms with Crippen LogP contribution in [0.2, 0.25) is 0 Å². The first-order valence-corrected chi connectivity index (χ1v) is 17.8. The fraction of sp³-hybridized carbons (Fsp3) is 0.750. The Bertz CT molecular complexity index is 1240. The molecule has 2 N–H and O–H groups in total. The number of carboxylic acids is 2. The number of carboxylic acid groups (broad SMARTS) is 2. The molecule has 0 radical (unpaired) electrons. The number of fused-ring (bicyclic) bond motifs is 3. The Morgan fingerprint density at radius 3 is 2.27 bits per heavy atom. The second kappa shape index (κ2) is 12.3. The number of allylic oxidation sites excluding steroid dienone is 6. The molecule has 244 valence electrons. The first-order chi connectivity index (χ1) is 20.7. The quantitative estimate of drug-likeness (QED) is 0.306.